The van der Waals surface area contributed by atoms with Gasteiger partial charge in [0.2, 0.25) is 10.0 Å². The maximum Gasteiger partial charge on any atom is 0.243 e. The summed E-state index contributed by atoms with van der Waals surface area (Å²) in [4.78, 5) is 0.391. The molecular weight excluding hydrogens is 312 g/mol. The molecule has 0 unspecified atom stereocenters. The lowest BCUT2D eigenvalue weighted by atomic mass is 10.1. The standard InChI is InChI=1S/C17H26N2O3S/c1-13-11-16(22-2)5-6-17(13)23(20,21)19-9-7-15(8-10-19)18-12-14-3-4-14/h5-6,11,14-15,18H,3-4,7-10,12H2,1-2H3. The van der Waals surface area contributed by atoms with E-state index in [0.29, 0.717) is 29.8 Å². The third kappa shape index (κ3) is 3.87. The molecule has 0 radical (unpaired) electrons. The Morgan fingerprint density at radius 2 is 1.91 bits per heavy atom. The molecule has 1 saturated heterocycles. The van der Waals surface area contributed by atoms with Crippen molar-refractivity contribution >= 4 is 10.0 Å². The van der Waals surface area contributed by atoms with Crippen molar-refractivity contribution < 1.29 is 13.2 Å². The summed E-state index contributed by atoms with van der Waals surface area (Å²) in [6.45, 7) is 4.10. The van der Waals surface area contributed by atoms with Crippen molar-refractivity contribution in [2.75, 3.05) is 26.7 Å². The molecule has 2 fully saturated rings. The number of piperidine rings is 1. The Balaban J connectivity index is 1.64. The van der Waals surface area contributed by atoms with Gasteiger partial charge in [0, 0.05) is 19.1 Å². The Morgan fingerprint density at radius 1 is 1.22 bits per heavy atom. The zero-order valence-corrected chi connectivity index (χ0v) is 14.7. The summed E-state index contributed by atoms with van der Waals surface area (Å²) in [7, 11) is -1.82. The van der Waals surface area contributed by atoms with Gasteiger partial charge in [-0.05, 0) is 68.8 Å². The predicted octanol–water partition coefficient (Wildman–Crippen LogP) is 2.16. The average Bonchev–Trinajstić information content (AvgIpc) is 3.37. The maximum absolute atomic E-state index is 12.9. The molecule has 5 nitrogen and oxygen atoms in total. The van der Waals surface area contributed by atoms with E-state index in [-0.39, 0.29) is 0 Å². The van der Waals surface area contributed by atoms with Gasteiger partial charge >= 0.3 is 0 Å². The first-order chi connectivity index (χ1) is 11.0. The van der Waals surface area contributed by atoms with Crippen LogP contribution in [0.15, 0.2) is 23.1 Å². The van der Waals surface area contributed by atoms with E-state index in [4.69, 9.17) is 4.74 Å². The molecule has 1 aromatic carbocycles. The van der Waals surface area contributed by atoms with Crippen LogP contribution in [0.4, 0.5) is 0 Å². The largest absolute Gasteiger partial charge is 0.497 e. The monoisotopic (exact) mass is 338 g/mol. The number of hydrogen-bond donors (Lipinski definition) is 1. The number of nitrogens with one attached hydrogen (secondary N) is 1. The molecule has 1 N–H and O–H groups in total. The number of benzene rings is 1. The SMILES string of the molecule is COc1ccc(S(=O)(=O)N2CCC(NCC3CC3)CC2)c(C)c1. The molecule has 2 aliphatic rings. The van der Waals surface area contributed by atoms with Crippen LogP contribution in [0, 0.1) is 12.8 Å². The van der Waals surface area contributed by atoms with Gasteiger partial charge < -0.3 is 10.1 Å². The van der Waals surface area contributed by atoms with Gasteiger partial charge in [-0.15, -0.1) is 0 Å². The van der Waals surface area contributed by atoms with Gasteiger partial charge in [0.1, 0.15) is 5.75 Å². The normalized spacial score (nSPS) is 20.6. The molecule has 0 spiro atoms. The van der Waals surface area contributed by atoms with Crippen LogP contribution in [0.1, 0.15) is 31.2 Å². The highest BCUT2D eigenvalue weighted by atomic mass is 32.2. The van der Waals surface area contributed by atoms with Crippen molar-refractivity contribution in [2.45, 2.75) is 43.5 Å². The molecule has 0 aromatic heterocycles. The summed E-state index contributed by atoms with van der Waals surface area (Å²) < 4.78 is 32.5. The third-order valence-corrected chi connectivity index (χ3v) is 6.90. The summed E-state index contributed by atoms with van der Waals surface area (Å²) >= 11 is 0. The fraction of sp³-hybridized carbons (Fsp3) is 0.647. The van der Waals surface area contributed by atoms with E-state index < -0.39 is 10.0 Å². The van der Waals surface area contributed by atoms with Gasteiger partial charge in [0.05, 0.1) is 12.0 Å². The fourth-order valence-electron chi connectivity index (χ4n) is 3.13. The van der Waals surface area contributed by atoms with Gasteiger partial charge in [-0.2, -0.15) is 4.31 Å². The predicted molar refractivity (Wildman–Crippen MR) is 90.2 cm³/mol. The number of hydrogen-bond acceptors (Lipinski definition) is 4. The van der Waals surface area contributed by atoms with Crippen molar-refractivity contribution in [2.24, 2.45) is 5.92 Å². The molecule has 1 aliphatic carbocycles. The Bertz CT molecular complexity index is 648. The lowest BCUT2D eigenvalue weighted by molar-refractivity contribution is 0.288. The fourth-order valence-corrected chi connectivity index (χ4v) is 4.81. The second-order valence-electron chi connectivity index (χ2n) is 6.66. The zero-order chi connectivity index (χ0) is 16.4. The molecule has 1 heterocycles. The molecule has 128 valence electrons. The van der Waals surface area contributed by atoms with E-state index in [1.54, 1.807) is 29.6 Å². The van der Waals surface area contributed by atoms with E-state index >= 15 is 0 Å². The molecule has 23 heavy (non-hydrogen) atoms. The van der Waals surface area contributed by atoms with E-state index in [0.717, 1.165) is 30.9 Å². The first-order valence-corrected chi connectivity index (χ1v) is 9.83. The molecule has 6 heteroatoms. The quantitative estimate of drug-likeness (QED) is 0.863. The third-order valence-electron chi connectivity index (χ3n) is 4.85. The summed E-state index contributed by atoms with van der Waals surface area (Å²) in [5, 5.41) is 3.58. The Labute approximate surface area is 139 Å². The smallest absolute Gasteiger partial charge is 0.243 e. The van der Waals surface area contributed by atoms with Gasteiger partial charge in [0.25, 0.3) is 0 Å². The summed E-state index contributed by atoms with van der Waals surface area (Å²) in [6.07, 6.45) is 4.47. The van der Waals surface area contributed by atoms with Crippen LogP contribution in [0.2, 0.25) is 0 Å². The van der Waals surface area contributed by atoms with Crippen molar-refractivity contribution in [1.82, 2.24) is 9.62 Å². The highest BCUT2D eigenvalue weighted by molar-refractivity contribution is 7.89. The van der Waals surface area contributed by atoms with Crippen molar-refractivity contribution in [3.05, 3.63) is 23.8 Å². The minimum absolute atomic E-state index is 0.391. The van der Waals surface area contributed by atoms with E-state index in [1.165, 1.54) is 12.8 Å². The Morgan fingerprint density at radius 3 is 2.48 bits per heavy atom. The summed E-state index contributed by atoms with van der Waals surface area (Å²) in [5.41, 5.74) is 0.735. The minimum Gasteiger partial charge on any atom is -0.497 e. The van der Waals surface area contributed by atoms with Gasteiger partial charge in [-0.1, -0.05) is 0 Å². The van der Waals surface area contributed by atoms with Gasteiger partial charge in [0.15, 0.2) is 0 Å². The van der Waals surface area contributed by atoms with Gasteiger partial charge in [-0.3, -0.25) is 0 Å². The molecule has 0 atom stereocenters. The molecule has 0 bridgehead atoms. The summed E-state index contributed by atoms with van der Waals surface area (Å²) in [5.74, 6) is 1.54. The van der Waals surface area contributed by atoms with Crippen LogP contribution < -0.4 is 10.1 Å². The lowest BCUT2D eigenvalue weighted by Crippen LogP contribution is -2.45. The van der Waals surface area contributed by atoms with Crippen LogP contribution in [-0.2, 0) is 10.0 Å². The lowest BCUT2D eigenvalue weighted by Gasteiger charge is -2.32. The Hall–Kier alpha value is -1.11. The molecular formula is C17H26N2O3S. The number of ether oxygens (including phenoxy) is 1. The number of sulfonamides is 1. The molecule has 0 amide bonds. The zero-order valence-electron chi connectivity index (χ0n) is 13.9. The van der Waals surface area contributed by atoms with E-state index in [2.05, 4.69) is 5.32 Å². The van der Waals surface area contributed by atoms with Gasteiger partial charge in [-0.25, -0.2) is 8.42 Å². The van der Waals surface area contributed by atoms with Crippen molar-refractivity contribution in [3.8, 4) is 5.75 Å². The van der Waals surface area contributed by atoms with Crippen molar-refractivity contribution in [3.63, 3.8) is 0 Å². The number of methoxy groups -OCH3 is 1. The minimum atomic E-state index is -3.41. The second kappa shape index (κ2) is 6.79. The Kier molecular flexibility index (Phi) is 4.94. The highest BCUT2D eigenvalue weighted by Gasteiger charge is 2.31. The van der Waals surface area contributed by atoms with Crippen LogP contribution >= 0.6 is 0 Å². The molecule has 1 aliphatic heterocycles. The number of rotatable bonds is 6. The molecule has 3 rings (SSSR count). The van der Waals surface area contributed by atoms with Crippen LogP contribution in [0.25, 0.3) is 0 Å². The van der Waals surface area contributed by atoms with Crippen LogP contribution in [-0.4, -0.2) is 45.5 Å². The summed E-state index contributed by atoms with van der Waals surface area (Å²) in [6, 6.07) is 5.60. The maximum atomic E-state index is 12.9. The molecule has 1 aromatic rings. The number of aryl methyl sites for hydroxylation is 1. The topological polar surface area (TPSA) is 58.6 Å². The first-order valence-electron chi connectivity index (χ1n) is 8.39. The van der Waals surface area contributed by atoms with Crippen LogP contribution in [0.3, 0.4) is 0 Å². The second-order valence-corrected chi connectivity index (χ2v) is 8.57. The average molecular weight is 338 g/mol. The first kappa shape index (κ1) is 16.7. The highest BCUT2D eigenvalue weighted by Crippen LogP contribution is 2.29. The number of nitrogens with zero attached hydrogens (tertiary/aromatic N) is 1. The van der Waals surface area contributed by atoms with Crippen LogP contribution in [0.5, 0.6) is 5.75 Å². The molecule has 1 saturated carbocycles. The van der Waals surface area contributed by atoms with E-state index in [9.17, 15) is 8.42 Å². The van der Waals surface area contributed by atoms with Crippen molar-refractivity contribution in [1.29, 1.82) is 0 Å². The van der Waals surface area contributed by atoms with E-state index in [1.807, 2.05) is 6.92 Å².